The number of nitrogens with one attached hydrogen (secondary N) is 1. The van der Waals surface area contributed by atoms with E-state index in [1.165, 1.54) is 35.3 Å². The van der Waals surface area contributed by atoms with E-state index >= 15 is 0 Å². The lowest BCUT2D eigenvalue weighted by molar-refractivity contribution is -0.137. The molecule has 2 atom stereocenters. The van der Waals surface area contributed by atoms with Gasteiger partial charge >= 0.3 is 6.18 Å². The maximum atomic E-state index is 13.1. The van der Waals surface area contributed by atoms with Gasteiger partial charge in [0.2, 0.25) is 0 Å². The lowest BCUT2D eigenvalue weighted by atomic mass is 9.94. The second-order valence-electron chi connectivity index (χ2n) is 8.01. The van der Waals surface area contributed by atoms with Crippen molar-refractivity contribution in [3.8, 4) is 16.9 Å². The Kier molecular flexibility index (Phi) is 6.46. The normalized spacial score (nSPS) is 14.5. The standard InChI is InChI=1S/C22H24F3N5O3/c1-5-21(3,33)13(2)27-19(31)17-10-18(14-6-8-15(9-7-14)22(23,24)25)28-30(20(17)32)16-11-26-29(4)12-16/h6-13,33H,5H2,1-4H3,(H,27,31)/t13-,21?/m1/s1. The van der Waals surface area contributed by atoms with Crippen LogP contribution in [-0.4, -0.2) is 42.2 Å². The predicted octanol–water partition coefficient (Wildman–Crippen LogP) is 2.93. The molecule has 33 heavy (non-hydrogen) atoms. The van der Waals surface area contributed by atoms with Gasteiger partial charge in [-0.3, -0.25) is 14.3 Å². The van der Waals surface area contributed by atoms with E-state index in [1.807, 2.05) is 0 Å². The zero-order valence-corrected chi connectivity index (χ0v) is 18.5. The fourth-order valence-corrected chi connectivity index (χ4v) is 3.06. The van der Waals surface area contributed by atoms with Gasteiger partial charge < -0.3 is 10.4 Å². The van der Waals surface area contributed by atoms with E-state index < -0.39 is 34.8 Å². The summed E-state index contributed by atoms with van der Waals surface area (Å²) in [6.07, 6.45) is -1.26. The third kappa shape index (κ3) is 5.14. The molecule has 0 spiro atoms. The number of nitrogens with zero attached hydrogens (tertiary/aromatic N) is 4. The summed E-state index contributed by atoms with van der Waals surface area (Å²) in [6.45, 7) is 4.93. The summed E-state index contributed by atoms with van der Waals surface area (Å²) < 4.78 is 41.2. The molecule has 176 valence electrons. The van der Waals surface area contributed by atoms with Gasteiger partial charge in [-0.25, -0.2) is 0 Å². The topological polar surface area (TPSA) is 102 Å². The summed E-state index contributed by atoms with van der Waals surface area (Å²) in [6, 6.07) is 4.78. The summed E-state index contributed by atoms with van der Waals surface area (Å²) in [5, 5.41) is 21.3. The fourth-order valence-electron chi connectivity index (χ4n) is 3.06. The molecule has 2 N–H and O–H groups in total. The van der Waals surface area contributed by atoms with E-state index in [0.29, 0.717) is 6.42 Å². The lowest BCUT2D eigenvalue weighted by Crippen LogP contribution is -2.49. The van der Waals surface area contributed by atoms with Crippen LogP contribution in [0.25, 0.3) is 16.9 Å². The Morgan fingerprint density at radius 1 is 1.24 bits per heavy atom. The van der Waals surface area contributed by atoms with E-state index in [9.17, 15) is 27.9 Å². The third-order valence-corrected chi connectivity index (χ3v) is 5.60. The van der Waals surface area contributed by atoms with E-state index in [4.69, 9.17) is 0 Å². The highest BCUT2D eigenvalue weighted by Crippen LogP contribution is 2.30. The first-order chi connectivity index (χ1) is 15.3. The van der Waals surface area contributed by atoms with Crippen molar-refractivity contribution in [1.29, 1.82) is 0 Å². The van der Waals surface area contributed by atoms with Crippen LogP contribution in [0.4, 0.5) is 13.2 Å². The molecule has 11 heteroatoms. The monoisotopic (exact) mass is 463 g/mol. The summed E-state index contributed by atoms with van der Waals surface area (Å²) in [5.74, 6) is -0.741. The first-order valence-electron chi connectivity index (χ1n) is 10.2. The van der Waals surface area contributed by atoms with Gasteiger partial charge in [0.25, 0.3) is 11.5 Å². The average molecular weight is 463 g/mol. The Bertz CT molecular complexity index is 1210. The maximum absolute atomic E-state index is 13.1. The van der Waals surface area contributed by atoms with Crippen LogP contribution >= 0.6 is 0 Å². The molecule has 0 bridgehead atoms. The number of amides is 1. The molecule has 0 aliphatic carbocycles. The highest BCUT2D eigenvalue weighted by Gasteiger charge is 2.31. The molecule has 2 heterocycles. The summed E-state index contributed by atoms with van der Waals surface area (Å²) >= 11 is 0. The van der Waals surface area contributed by atoms with Crippen molar-refractivity contribution >= 4 is 5.91 Å². The molecule has 3 rings (SSSR count). The van der Waals surface area contributed by atoms with Crippen molar-refractivity contribution in [2.24, 2.45) is 7.05 Å². The van der Waals surface area contributed by atoms with Crippen LogP contribution in [-0.2, 0) is 13.2 Å². The van der Waals surface area contributed by atoms with Crippen LogP contribution in [0.2, 0.25) is 0 Å². The quantitative estimate of drug-likeness (QED) is 0.585. The summed E-state index contributed by atoms with van der Waals surface area (Å²) in [5.41, 5.74) is -2.38. The zero-order chi connectivity index (χ0) is 24.6. The van der Waals surface area contributed by atoms with Gasteiger partial charge in [-0.1, -0.05) is 19.1 Å². The van der Waals surface area contributed by atoms with Gasteiger partial charge in [0.1, 0.15) is 11.3 Å². The highest BCUT2D eigenvalue weighted by molar-refractivity contribution is 5.95. The van der Waals surface area contributed by atoms with E-state index in [-0.39, 0.29) is 22.5 Å². The largest absolute Gasteiger partial charge is 0.416 e. The predicted molar refractivity (Wildman–Crippen MR) is 115 cm³/mol. The molecule has 0 saturated heterocycles. The van der Waals surface area contributed by atoms with Crippen molar-refractivity contribution in [2.75, 3.05) is 0 Å². The minimum absolute atomic E-state index is 0.118. The van der Waals surface area contributed by atoms with Crippen molar-refractivity contribution < 1.29 is 23.1 Å². The Labute approximate surface area is 187 Å². The molecule has 1 amide bonds. The average Bonchev–Trinajstić information content (AvgIpc) is 3.19. The van der Waals surface area contributed by atoms with Crippen LogP contribution < -0.4 is 10.9 Å². The minimum Gasteiger partial charge on any atom is -0.388 e. The van der Waals surface area contributed by atoms with E-state index in [2.05, 4.69) is 15.5 Å². The SMILES string of the molecule is CCC(C)(O)[C@@H](C)NC(=O)c1cc(-c2ccc(C(F)(F)F)cc2)nn(-c2cnn(C)c2)c1=O. The van der Waals surface area contributed by atoms with Gasteiger partial charge in [-0.2, -0.15) is 28.1 Å². The number of aliphatic hydroxyl groups is 1. The number of carbonyl (C=O) groups excluding carboxylic acids is 1. The number of hydrogen-bond acceptors (Lipinski definition) is 5. The van der Waals surface area contributed by atoms with Gasteiger partial charge in [-0.05, 0) is 38.5 Å². The maximum Gasteiger partial charge on any atom is 0.416 e. The second-order valence-corrected chi connectivity index (χ2v) is 8.01. The highest BCUT2D eigenvalue weighted by atomic mass is 19.4. The van der Waals surface area contributed by atoms with Crippen LogP contribution in [0.5, 0.6) is 0 Å². The van der Waals surface area contributed by atoms with Gasteiger partial charge in [0.15, 0.2) is 0 Å². The zero-order valence-electron chi connectivity index (χ0n) is 18.5. The molecule has 2 aromatic heterocycles. The Balaban J connectivity index is 2.11. The number of aromatic nitrogens is 4. The van der Waals surface area contributed by atoms with Crippen molar-refractivity contribution in [2.45, 2.75) is 45.0 Å². The number of benzene rings is 1. The molecule has 0 fully saturated rings. The van der Waals surface area contributed by atoms with E-state index in [0.717, 1.165) is 16.8 Å². The molecule has 0 saturated carbocycles. The number of hydrogen-bond donors (Lipinski definition) is 2. The Morgan fingerprint density at radius 2 is 1.88 bits per heavy atom. The number of carbonyl (C=O) groups is 1. The van der Waals surface area contributed by atoms with E-state index in [1.54, 1.807) is 27.8 Å². The molecule has 1 unspecified atom stereocenters. The number of aryl methyl sites for hydroxylation is 1. The molecule has 0 aliphatic heterocycles. The fraction of sp³-hybridized carbons (Fsp3) is 0.364. The molecule has 0 radical (unpaired) electrons. The van der Waals surface area contributed by atoms with Crippen LogP contribution in [0.15, 0.2) is 47.5 Å². The van der Waals surface area contributed by atoms with Gasteiger partial charge in [-0.15, -0.1) is 0 Å². The van der Waals surface area contributed by atoms with Crippen molar-refractivity contribution in [1.82, 2.24) is 24.9 Å². The first kappa shape index (κ1) is 24.2. The van der Waals surface area contributed by atoms with Crippen molar-refractivity contribution in [3.05, 3.63) is 64.2 Å². The Morgan fingerprint density at radius 3 is 2.39 bits per heavy atom. The summed E-state index contributed by atoms with van der Waals surface area (Å²) in [7, 11) is 1.64. The van der Waals surface area contributed by atoms with Crippen LogP contribution in [0.1, 0.15) is 43.1 Å². The number of rotatable bonds is 6. The lowest BCUT2D eigenvalue weighted by Gasteiger charge is -2.29. The molecule has 3 aromatic rings. The van der Waals surface area contributed by atoms with Gasteiger partial charge in [0.05, 0.1) is 35.3 Å². The van der Waals surface area contributed by atoms with Crippen LogP contribution in [0, 0.1) is 0 Å². The second kappa shape index (κ2) is 8.81. The molecule has 1 aromatic carbocycles. The molecule has 8 nitrogen and oxygen atoms in total. The molecule has 0 aliphatic rings. The number of halogens is 3. The van der Waals surface area contributed by atoms with Crippen LogP contribution in [0.3, 0.4) is 0 Å². The van der Waals surface area contributed by atoms with Crippen molar-refractivity contribution in [3.63, 3.8) is 0 Å². The third-order valence-electron chi connectivity index (χ3n) is 5.60. The van der Waals surface area contributed by atoms with Gasteiger partial charge in [0, 0.05) is 12.6 Å². The smallest absolute Gasteiger partial charge is 0.388 e. The Hall–Kier alpha value is -3.47. The minimum atomic E-state index is -4.50. The molecular formula is C22H24F3N5O3. The first-order valence-corrected chi connectivity index (χ1v) is 10.2. The summed E-state index contributed by atoms with van der Waals surface area (Å²) in [4.78, 5) is 26.0. The molecular weight excluding hydrogens is 439 g/mol. The number of alkyl halides is 3.